The van der Waals surface area contributed by atoms with Crippen molar-refractivity contribution < 1.29 is 4.79 Å². The third-order valence-electron chi connectivity index (χ3n) is 5.13. The number of carbonyl (C=O) groups excluding carboxylic acids is 1. The maximum atomic E-state index is 13.3. The van der Waals surface area contributed by atoms with Crippen molar-refractivity contribution in [3.8, 4) is 0 Å². The molecule has 2 aromatic heterocycles. The molecule has 1 amide bonds. The first-order chi connectivity index (χ1) is 14.2. The molecule has 0 aliphatic carbocycles. The monoisotopic (exact) mass is 466 g/mol. The molecule has 30 heavy (non-hydrogen) atoms. The van der Waals surface area contributed by atoms with Gasteiger partial charge >= 0.3 is 0 Å². The van der Waals surface area contributed by atoms with Crippen molar-refractivity contribution in [2.24, 2.45) is 0 Å². The highest BCUT2D eigenvalue weighted by molar-refractivity contribution is 7.18. The summed E-state index contributed by atoms with van der Waals surface area (Å²) in [6, 6.07) is 4.86. The molecule has 0 radical (unpaired) electrons. The molecule has 0 bridgehead atoms. The number of rotatable bonds is 7. The number of nitrogens with one attached hydrogen (secondary N) is 1. The summed E-state index contributed by atoms with van der Waals surface area (Å²) in [4.78, 5) is 34.8. The zero-order chi connectivity index (χ0) is 22.0. The molecule has 1 aromatic carbocycles. The van der Waals surface area contributed by atoms with E-state index in [1.54, 1.807) is 18.2 Å². The Bertz CT molecular complexity index is 1150. The van der Waals surface area contributed by atoms with E-state index in [0.29, 0.717) is 33.5 Å². The molecule has 0 saturated heterocycles. The number of amides is 1. The maximum Gasteiger partial charge on any atom is 0.263 e. The second kappa shape index (κ2) is 9.47. The van der Waals surface area contributed by atoms with Gasteiger partial charge in [-0.15, -0.1) is 11.3 Å². The van der Waals surface area contributed by atoms with Crippen molar-refractivity contribution in [1.29, 1.82) is 0 Å². The van der Waals surface area contributed by atoms with Gasteiger partial charge < -0.3 is 5.32 Å². The Hall–Kier alpha value is -1.93. The van der Waals surface area contributed by atoms with Gasteiger partial charge in [0.05, 0.1) is 22.0 Å². The first-order valence-corrected chi connectivity index (χ1v) is 11.3. The van der Waals surface area contributed by atoms with Gasteiger partial charge in [-0.3, -0.25) is 19.1 Å². The highest BCUT2D eigenvalue weighted by Crippen LogP contribution is 2.27. The van der Waals surface area contributed by atoms with Crippen LogP contribution in [0.5, 0.6) is 0 Å². The molecular formula is C21H24Cl2N4O2S. The fourth-order valence-corrected chi connectivity index (χ4v) is 4.56. The fourth-order valence-electron chi connectivity index (χ4n) is 3.22. The van der Waals surface area contributed by atoms with E-state index in [9.17, 15) is 9.59 Å². The van der Waals surface area contributed by atoms with Crippen LogP contribution in [0.25, 0.3) is 10.2 Å². The Kier molecular flexibility index (Phi) is 7.18. The molecule has 0 saturated carbocycles. The number of nitrogens with zero attached hydrogens (tertiary/aromatic N) is 3. The average Bonchev–Trinajstić information content (AvgIpc) is 2.99. The fraction of sp³-hybridized carbons (Fsp3) is 0.381. The first kappa shape index (κ1) is 22.7. The van der Waals surface area contributed by atoms with E-state index in [4.69, 9.17) is 28.2 Å². The van der Waals surface area contributed by atoms with Gasteiger partial charge in [0.2, 0.25) is 5.91 Å². The molecule has 0 aliphatic heterocycles. The van der Waals surface area contributed by atoms with Gasteiger partial charge in [0.15, 0.2) is 0 Å². The third-order valence-corrected chi connectivity index (χ3v) is 6.97. The van der Waals surface area contributed by atoms with Crippen LogP contribution in [0.1, 0.15) is 30.1 Å². The minimum absolute atomic E-state index is 0.132. The lowest BCUT2D eigenvalue weighted by molar-refractivity contribution is -0.116. The van der Waals surface area contributed by atoms with E-state index in [0.717, 1.165) is 28.4 Å². The van der Waals surface area contributed by atoms with Gasteiger partial charge in [0, 0.05) is 10.6 Å². The molecule has 6 nitrogen and oxygen atoms in total. The van der Waals surface area contributed by atoms with E-state index in [-0.39, 0.29) is 18.0 Å². The summed E-state index contributed by atoms with van der Waals surface area (Å²) in [5, 5.41) is 4.12. The summed E-state index contributed by atoms with van der Waals surface area (Å²) >= 11 is 13.5. The first-order valence-electron chi connectivity index (χ1n) is 9.71. The van der Waals surface area contributed by atoms with Crippen LogP contribution >= 0.6 is 34.5 Å². The van der Waals surface area contributed by atoms with Gasteiger partial charge in [-0.25, -0.2) is 4.98 Å². The summed E-state index contributed by atoms with van der Waals surface area (Å²) in [7, 11) is 0. The Morgan fingerprint density at radius 3 is 2.53 bits per heavy atom. The molecule has 0 spiro atoms. The number of anilines is 1. The summed E-state index contributed by atoms with van der Waals surface area (Å²) in [6.45, 7) is 10.0. The van der Waals surface area contributed by atoms with Crippen molar-refractivity contribution in [3.63, 3.8) is 0 Å². The van der Waals surface area contributed by atoms with E-state index < -0.39 is 0 Å². The zero-order valence-corrected chi connectivity index (χ0v) is 19.7. The van der Waals surface area contributed by atoms with E-state index in [1.807, 2.05) is 13.8 Å². The average molecular weight is 467 g/mol. The summed E-state index contributed by atoms with van der Waals surface area (Å²) in [6.07, 6.45) is 0. The van der Waals surface area contributed by atoms with Gasteiger partial charge in [-0.2, -0.15) is 0 Å². The lowest BCUT2D eigenvalue weighted by Crippen LogP contribution is -2.34. The highest BCUT2D eigenvalue weighted by Gasteiger charge is 2.19. The molecule has 3 aromatic rings. The number of hydrogen-bond acceptors (Lipinski definition) is 5. The van der Waals surface area contributed by atoms with Crippen LogP contribution in [-0.4, -0.2) is 33.4 Å². The summed E-state index contributed by atoms with van der Waals surface area (Å²) in [5.74, 6) is 0.253. The van der Waals surface area contributed by atoms with Crippen LogP contribution < -0.4 is 10.9 Å². The second-order valence-corrected chi connectivity index (χ2v) is 9.04. The molecule has 9 heteroatoms. The zero-order valence-electron chi connectivity index (χ0n) is 17.4. The minimum atomic E-state index is -0.331. The molecule has 0 unspecified atom stereocenters. The lowest BCUT2D eigenvalue weighted by Gasteiger charge is -2.20. The van der Waals surface area contributed by atoms with Crippen LogP contribution in [-0.2, 0) is 17.9 Å². The SMILES string of the molecule is CCN(CC)Cc1nc2sc(C)c(C)c2c(=O)n1CC(=O)Nc1ccc(Cl)c(Cl)c1. The predicted octanol–water partition coefficient (Wildman–Crippen LogP) is 4.86. The molecule has 3 rings (SSSR count). The molecule has 1 N–H and O–H groups in total. The van der Waals surface area contributed by atoms with Crippen LogP contribution in [0, 0.1) is 13.8 Å². The topological polar surface area (TPSA) is 67.2 Å². The van der Waals surface area contributed by atoms with Crippen LogP contribution in [0.15, 0.2) is 23.0 Å². The van der Waals surface area contributed by atoms with Crippen molar-refractivity contribution >= 4 is 56.3 Å². The quantitative estimate of drug-likeness (QED) is 0.539. The van der Waals surface area contributed by atoms with Crippen LogP contribution in [0.3, 0.4) is 0 Å². The van der Waals surface area contributed by atoms with Crippen molar-refractivity contribution in [2.45, 2.75) is 40.8 Å². The molecule has 2 heterocycles. The maximum absolute atomic E-state index is 13.3. The predicted molar refractivity (Wildman–Crippen MR) is 125 cm³/mol. The number of aryl methyl sites for hydroxylation is 2. The van der Waals surface area contributed by atoms with E-state index >= 15 is 0 Å². The Morgan fingerprint density at radius 2 is 1.90 bits per heavy atom. The number of hydrogen-bond donors (Lipinski definition) is 1. The largest absolute Gasteiger partial charge is 0.324 e. The van der Waals surface area contributed by atoms with Crippen LogP contribution in [0.2, 0.25) is 10.0 Å². The van der Waals surface area contributed by atoms with Gasteiger partial charge in [0.1, 0.15) is 17.2 Å². The highest BCUT2D eigenvalue weighted by atomic mass is 35.5. The van der Waals surface area contributed by atoms with Gasteiger partial charge in [-0.05, 0) is 50.7 Å². The molecule has 0 aliphatic rings. The minimum Gasteiger partial charge on any atom is -0.324 e. The number of halogens is 2. The van der Waals surface area contributed by atoms with Gasteiger partial charge in [0.25, 0.3) is 5.56 Å². The second-order valence-electron chi connectivity index (χ2n) is 7.02. The number of carbonyl (C=O) groups is 1. The lowest BCUT2D eigenvalue weighted by atomic mass is 10.2. The Balaban J connectivity index is 1.99. The van der Waals surface area contributed by atoms with E-state index in [2.05, 4.69) is 24.1 Å². The Morgan fingerprint density at radius 1 is 1.20 bits per heavy atom. The number of fused-ring (bicyclic) bond motifs is 1. The third kappa shape index (κ3) is 4.70. The number of benzene rings is 1. The summed E-state index contributed by atoms with van der Waals surface area (Å²) < 4.78 is 1.48. The Labute approximate surface area is 189 Å². The van der Waals surface area contributed by atoms with Crippen molar-refractivity contribution in [1.82, 2.24) is 14.5 Å². The van der Waals surface area contributed by atoms with Crippen molar-refractivity contribution in [2.75, 3.05) is 18.4 Å². The van der Waals surface area contributed by atoms with E-state index in [1.165, 1.54) is 15.9 Å². The smallest absolute Gasteiger partial charge is 0.263 e. The standard InChI is InChI=1S/C21H24Cl2N4O2S/c1-5-26(6-2)10-17-25-20-19(12(3)13(4)30-20)21(29)27(17)11-18(28)24-14-7-8-15(22)16(23)9-14/h7-9H,5-6,10-11H2,1-4H3,(H,24,28). The summed E-state index contributed by atoms with van der Waals surface area (Å²) in [5.41, 5.74) is 1.25. The van der Waals surface area contributed by atoms with Gasteiger partial charge in [-0.1, -0.05) is 37.0 Å². The molecular weight excluding hydrogens is 443 g/mol. The number of thiophene rings is 1. The molecule has 0 fully saturated rings. The number of aromatic nitrogens is 2. The van der Waals surface area contributed by atoms with Crippen LogP contribution in [0.4, 0.5) is 5.69 Å². The van der Waals surface area contributed by atoms with Crippen molar-refractivity contribution in [3.05, 3.63) is 54.9 Å². The molecule has 160 valence electrons. The molecule has 0 atom stereocenters. The normalized spacial score (nSPS) is 11.4.